The maximum Gasteiger partial charge on any atom is 0.407 e. The minimum atomic E-state index is -0.467. The minimum absolute atomic E-state index is 0.193. The lowest BCUT2D eigenvalue weighted by atomic mass is 9.90. The maximum atomic E-state index is 12.0. The molecule has 7 nitrogen and oxygen atoms in total. The van der Waals surface area contributed by atoms with Gasteiger partial charge in [0.1, 0.15) is 5.60 Å². The van der Waals surface area contributed by atoms with Crippen LogP contribution in [0, 0.1) is 0 Å². The summed E-state index contributed by atoms with van der Waals surface area (Å²) < 4.78 is 5.20. The third kappa shape index (κ3) is 8.54. The molecule has 0 radical (unpaired) electrons. The molecule has 2 rings (SSSR count). The van der Waals surface area contributed by atoms with E-state index in [-0.39, 0.29) is 23.8 Å². The molecule has 0 bridgehead atoms. The van der Waals surface area contributed by atoms with E-state index >= 15 is 0 Å². The number of anilines is 1. The van der Waals surface area contributed by atoms with Crippen LogP contribution in [0.1, 0.15) is 70.8 Å². The van der Waals surface area contributed by atoms with Crippen molar-refractivity contribution in [1.82, 2.24) is 10.6 Å². The van der Waals surface area contributed by atoms with E-state index in [4.69, 9.17) is 4.74 Å². The summed E-state index contributed by atoms with van der Waals surface area (Å²) in [5, 5.41) is 8.57. The van der Waals surface area contributed by atoms with Gasteiger partial charge in [-0.1, -0.05) is 25.0 Å². The standard InChI is InChI=1S/C22H33N3O4/c1-22(2,3)29-21(28)24-14-7-5-4-6-13-23-17-10-8-9-16(15-17)18-11-12-19(26)25-20(18)27/h8-10,15,18,23H,4-7,11-14H2,1-3H3,(H,24,28)(H,25,26,27). The molecule has 160 valence electrons. The van der Waals surface area contributed by atoms with Gasteiger partial charge in [0.15, 0.2) is 0 Å². The fourth-order valence-corrected chi connectivity index (χ4v) is 3.22. The normalized spacial score (nSPS) is 16.9. The van der Waals surface area contributed by atoms with Gasteiger partial charge < -0.3 is 15.4 Å². The molecule has 1 aliphatic rings. The van der Waals surface area contributed by atoms with Crippen LogP contribution in [-0.2, 0) is 14.3 Å². The number of piperidine rings is 1. The van der Waals surface area contributed by atoms with E-state index in [1.807, 2.05) is 45.0 Å². The first-order valence-corrected chi connectivity index (χ1v) is 10.4. The highest BCUT2D eigenvalue weighted by Gasteiger charge is 2.27. The Kier molecular flexibility index (Phi) is 8.49. The molecule has 1 saturated heterocycles. The Labute approximate surface area is 173 Å². The molecule has 7 heteroatoms. The Bertz CT molecular complexity index is 712. The summed E-state index contributed by atoms with van der Waals surface area (Å²) in [6, 6.07) is 7.84. The molecule has 3 N–H and O–H groups in total. The first-order chi connectivity index (χ1) is 13.7. The average molecular weight is 404 g/mol. The van der Waals surface area contributed by atoms with Gasteiger partial charge in [0.05, 0.1) is 5.92 Å². The zero-order chi connectivity index (χ0) is 21.3. The van der Waals surface area contributed by atoms with Crippen molar-refractivity contribution in [2.45, 2.75) is 70.8 Å². The second-order valence-corrected chi connectivity index (χ2v) is 8.40. The molecule has 3 amide bonds. The van der Waals surface area contributed by atoms with Crippen LogP contribution in [0.15, 0.2) is 24.3 Å². The van der Waals surface area contributed by atoms with E-state index in [0.29, 0.717) is 19.4 Å². The topological polar surface area (TPSA) is 96.5 Å². The van der Waals surface area contributed by atoms with Crippen molar-refractivity contribution in [1.29, 1.82) is 0 Å². The fourth-order valence-electron chi connectivity index (χ4n) is 3.22. The lowest BCUT2D eigenvalue weighted by Crippen LogP contribution is -2.39. The number of hydrogen-bond donors (Lipinski definition) is 3. The van der Waals surface area contributed by atoms with Gasteiger partial charge in [-0.3, -0.25) is 14.9 Å². The Morgan fingerprint density at radius 2 is 1.86 bits per heavy atom. The Hall–Kier alpha value is -2.57. The Morgan fingerprint density at radius 3 is 2.55 bits per heavy atom. The van der Waals surface area contributed by atoms with Crippen LogP contribution in [0.2, 0.25) is 0 Å². The van der Waals surface area contributed by atoms with Gasteiger partial charge in [-0.2, -0.15) is 0 Å². The third-order valence-corrected chi connectivity index (χ3v) is 4.63. The van der Waals surface area contributed by atoms with E-state index in [9.17, 15) is 14.4 Å². The molecule has 1 aliphatic heterocycles. The van der Waals surface area contributed by atoms with Crippen molar-refractivity contribution in [2.75, 3.05) is 18.4 Å². The molecule has 29 heavy (non-hydrogen) atoms. The smallest absolute Gasteiger partial charge is 0.407 e. The summed E-state index contributed by atoms with van der Waals surface area (Å²) in [7, 11) is 0. The van der Waals surface area contributed by atoms with Crippen LogP contribution in [0.4, 0.5) is 10.5 Å². The van der Waals surface area contributed by atoms with Gasteiger partial charge in [-0.15, -0.1) is 0 Å². The highest BCUT2D eigenvalue weighted by molar-refractivity contribution is 6.01. The van der Waals surface area contributed by atoms with Gasteiger partial charge >= 0.3 is 6.09 Å². The van der Waals surface area contributed by atoms with Gasteiger partial charge in [-0.05, 0) is 57.7 Å². The van der Waals surface area contributed by atoms with Crippen LogP contribution in [0.5, 0.6) is 0 Å². The molecule has 1 atom stereocenters. The van der Waals surface area contributed by atoms with Crippen molar-refractivity contribution in [3.8, 4) is 0 Å². The lowest BCUT2D eigenvalue weighted by Gasteiger charge is -2.21. The van der Waals surface area contributed by atoms with Gasteiger partial charge in [0, 0.05) is 25.2 Å². The van der Waals surface area contributed by atoms with Gasteiger partial charge in [0.25, 0.3) is 0 Å². The van der Waals surface area contributed by atoms with Crippen molar-refractivity contribution in [3.63, 3.8) is 0 Å². The SMILES string of the molecule is CC(C)(C)OC(=O)NCCCCCCNc1cccc(C2CCC(=O)NC2=O)c1. The van der Waals surface area contributed by atoms with E-state index in [1.54, 1.807) is 0 Å². The maximum absolute atomic E-state index is 12.0. The highest BCUT2D eigenvalue weighted by atomic mass is 16.6. The van der Waals surface area contributed by atoms with Crippen LogP contribution < -0.4 is 16.0 Å². The first-order valence-electron chi connectivity index (χ1n) is 10.4. The summed E-state index contributed by atoms with van der Waals surface area (Å²) >= 11 is 0. The molecule has 1 aromatic carbocycles. The second kappa shape index (κ2) is 10.8. The number of hydrogen-bond acceptors (Lipinski definition) is 5. The number of rotatable bonds is 9. The number of amides is 3. The highest BCUT2D eigenvalue weighted by Crippen LogP contribution is 2.26. The molecule has 0 spiro atoms. The van der Waals surface area contributed by atoms with Crippen LogP contribution in [0.3, 0.4) is 0 Å². The number of imide groups is 1. The van der Waals surface area contributed by atoms with Gasteiger partial charge in [0.2, 0.25) is 11.8 Å². The van der Waals surface area contributed by atoms with E-state index in [1.165, 1.54) is 0 Å². The number of carbonyl (C=O) groups excluding carboxylic acids is 3. The summed E-state index contributed by atoms with van der Waals surface area (Å²) in [4.78, 5) is 34.9. The number of alkyl carbamates (subject to hydrolysis) is 1. The number of unbranched alkanes of at least 4 members (excludes halogenated alkanes) is 3. The predicted molar refractivity (Wildman–Crippen MR) is 113 cm³/mol. The molecule has 0 aromatic heterocycles. The second-order valence-electron chi connectivity index (χ2n) is 8.40. The fraction of sp³-hybridized carbons (Fsp3) is 0.591. The molecule has 0 saturated carbocycles. The quantitative estimate of drug-likeness (QED) is 0.431. The molecular weight excluding hydrogens is 370 g/mol. The summed E-state index contributed by atoms with van der Waals surface area (Å²) in [6.45, 7) is 7.01. The Morgan fingerprint density at radius 1 is 1.14 bits per heavy atom. The Balaban J connectivity index is 1.61. The van der Waals surface area contributed by atoms with Crippen molar-refractivity contribution < 1.29 is 19.1 Å². The van der Waals surface area contributed by atoms with Crippen molar-refractivity contribution >= 4 is 23.6 Å². The largest absolute Gasteiger partial charge is 0.444 e. The average Bonchev–Trinajstić information content (AvgIpc) is 2.62. The number of carbonyl (C=O) groups is 3. The van der Waals surface area contributed by atoms with Crippen LogP contribution in [-0.4, -0.2) is 36.6 Å². The lowest BCUT2D eigenvalue weighted by molar-refractivity contribution is -0.134. The van der Waals surface area contributed by atoms with E-state index in [2.05, 4.69) is 16.0 Å². The van der Waals surface area contributed by atoms with E-state index in [0.717, 1.165) is 43.5 Å². The first kappa shape index (κ1) is 22.7. The minimum Gasteiger partial charge on any atom is -0.444 e. The van der Waals surface area contributed by atoms with Crippen LogP contribution in [0.25, 0.3) is 0 Å². The number of nitrogens with one attached hydrogen (secondary N) is 3. The number of benzene rings is 1. The van der Waals surface area contributed by atoms with Crippen molar-refractivity contribution in [2.24, 2.45) is 0 Å². The summed E-state index contributed by atoms with van der Waals surface area (Å²) in [5.41, 5.74) is 1.46. The van der Waals surface area contributed by atoms with E-state index < -0.39 is 5.60 Å². The summed E-state index contributed by atoms with van der Waals surface area (Å²) in [6.07, 6.45) is 4.63. The zero-order valence-corrected chi connectivity index (χ0v) is 17.7. The summed E-state index contributed by atoms with van der Waals surface area (Å²) in [5.74, 6) is -0.660. The molecular formula is C22H33N3O4. The third-order valence-electron chi connectivity index (χ3n) is 4.63. The predicted octanol–water partition coefficient (Wildman–Crippen LogP) is 3.70. The number of ether oxygens (including phenoxy) is 1. The molecule has 1 heterocycles. The van der Waals surface area contributed by atoms with Crippen LogP contribution >= 0.6 is 0 Å². The monoisotopic (exact) mass is 403 g/mol. The molecule has 1 fully saturated rings. The molecule has 0 aliphatic carbocycles. The molecule has 1 unspecified atom stereocenters. The molecule has 1 aromatic rings. The van der Waals surface area contributed by atoms with Gasteiger partial charge in [-0.25, -0.2) is 4.79 Å². The zero-order valence-electron chi connectivity index (χ0n) is 17.7. The van der Waals surface area contributed by atoms with Crippen molar-refractivity contribution in [3.05, 3.63) is 29.8 Å².